The quantitative estimate of drug-likeness (QED) is 0.754. The fourth-order valence-corrected chi connectivity index (χ4v) is 4.37. The molecule has 1 aliphatic rings. The van der Waals surface area contributed by atoms with E-state index in [1.807, 2.05) is 54.3 Å². The Morgan fingerprint density at radius 1 is 1.07 bits per heavy atom. The standard InChI is InChI=1S/C22H29N3O3S/c1-2-22(26)25(19-6-4-3-5-7-19)20-13-16-24(17-14-20)15-12-18-8-10-21(11-9-18)29(23,27)28/h3-11,20H,2,12-17H2,1H3,(H2,23,27,28). The van der Waals surface area contributed by atoms with Gasteiger partial charge < -0.3 is 9.80 Å². The third-order valence-corrected chi connectivity index (χ3v) is 6.43. The van der Waals surface area contributed by atoms with Gasteiger partial charge in [-0.05, 0) is 49.1 Å². The van der Waals surface area contributed by atoms with E-state index in [0.717, 1.165) is 50.1 Å². The maximum absolute atomic E-state index is 12.6. The Morgan fingerprint density at radius 2 is 1.69 bits per heavy atom. The first-order chi connectivity index (χ1) is 13.9. The summed E-state index contributed by atoms with van der Waals surface area (Å²) in [6, 6.07) is 16.9. The van der Waals surface area contributed by atoms with Gasteiger partial charge in [0.1, 0.15) is 0 Å². The van der Waals surface area contributed by atoms with Gasteiger partial charge in [0.25, 0.3) is 0 Å². The van der Waals surface area contributed by atoms with Crippen LogP contribution in [0, 0.1) is 0 Å². The largest absolute Gasteiger partial charge is 0.309 e. The van der Waals surface area contributed by atoms with Crippen molar-refractivity contribution < 1.29 is 13.2 Å². The van der Waals surface area contributed by atoms with Gasteiger partial charge in [-0.1, -0.05) is 37.3 Å². The number of sulfonamides is 1. The number of nitrogens with two attached hydrogens (primary N) is 1. The van der Waals surface area contributed by atoms with Crippen LogP contribution in [0.2, 0.25) is 0 Å². The molecule has 0 aromatic heterocycles. The minimum atomic E-state index is -3.64. The van der Waals surface area contributed by atoms with Crippen molar-refractivity contribution >= 4 is 21.6 Å². The highest BCUT2D eigenvalue weighted by molar-refractivity contribution is 7.89. The van der Waals surface area contributed by atoms with Gasteiger partial charge in [0, 0.05) is 37.8 Å². The summed E-state index contributed by atoms with van der Waals surface area (Å²) in [5.41, 5.74) is 2.07. The molecule has 156 valence electrons. The molecule has 6 nitrogen and oxygen atoms in total. The molecule has 29 heavy (non-hydrogen) atoms. The van der Waals surface area contributed by atoms with Crippen molar-refractivity contribution in [1.29, 1.82) is 0 Å². The molecule has 1 heterocycles. The lowest BCUT2D eigenvalue weighted by Gasteiger charge is -2.38. The summed E-state index contributed by atoms with van der Waals surface area (Å²) < 4.78 is 22.7. The van der Waals surface area contributed by atoms with Crippen LogP contribution in [-0.2, 0) is 21.2 Å². The zero-order valence-corrected chi connectivity index (χ0v) is 17.6. The number of likely N-dealkylation sites (tertiary alicyclic amines) is 1. The predicted octanol–water partition coefficient (Wildman–Crippen LogP) is 2.78. The van der Waals surface area contributed by atoms with Crippen molar-refractivity contribution in [3.63, 3.8) is 0 Å². The molecule has 0 aliphatic carbocycles. The summed E-state index contributed by atoms with van der Waals surface area (Å²) in [5, 5.41) is 5.14. The molecule has 0 radical (unpaired) electrons. The van der Waals surface area contributed by atoms with E-state index in [-0.39, 0.29) is 16.8 Å². The topological polar surface area (TPSA) is 83.7 Å². The minimum absolute atomic E-state index is 0.142. The average Bonchev–Trinajstić information content (AvgIpc) is 2.73. The number of anilines is 1. The van der Waals surface area contributed by atoms with E-state index in [2.05, 4.69) is 4.90 Å². The van der Waals surface area contributed by atoms with Gasteiger partial charge in [-0.25, -0.2) is 13.6 Å². The lowest BCUT2D eigenvalue weighted by Crippen LogP contribution is -2.47. The zero-order valence-electron chi connectivity index (χ0n) is 16.8. The second-order valence-electron chi connectivity index (χ2n) is 7.46. The molecular weight excluding hydrogens is 386 g/mol. The van der Waals surface area contributed by atoms with Crippen LogP contribution in [0.3, 0.4) is 0 Å². The highest BCUT2D eigenvalue weighted by Gasteiger charge is 2.28. The number of rotatable bonds is 7. The third kappa shape index (κ3) is 5.65. The summed E-state index contributed by atoms with van der Waals surface area (Å²) in [6.45, 7) is 4.71. The van der Waals surface area contributed by atoms with Crippen LogP contribution < -0.4 is 10.0 Å². The Bertz CT molecular complexity index is 906. The fraction of sp³-hybridized carbons (Fsp3) is 0.409. The second kappa shape index (κ2) is 9.52. The predicted molar refractivity (Wildman–Crippen MR) is 115 cm³/mol. The molecule has 2 aromatic carbocycles. The van der Waals surface area contributed by atoms with Crippen LogP contribution >= 0.6 is 0 Å². The van der Waals surface area contributed by atoms with Crippen LogP contribution in [0.4, 0.5) is 5.69 Å². The number of hydrogen-bond acceptors (Lipinski definition) is 4. The summed E-state index contributed by atoms with van der Waals surface area (Å²) in [5.74, 6) is 0.171. The first-order valence-corrected chi connectivity index (χ1v) is 11.6. The number of primary sulfonamides is 1. The molecule has 1 amide bonds. The molecule has 2 N–H and O–H groups in total. The molecule has 2 aromatic rings. The van der Waals surface area contributed by atoms with Crippen molar-refractivity contribution in [1.82, 2.24) is 4.90 Å². The van der Waals surface area contributed by atoms with Crippen molar-refractivity contribution in [2.24, 2.45) is 5.14 Å². The molecule has 0 bridgehead atoms. The Kier molecular flexibility index (Phi) is 7.05. The van der Waals surface area contributed by atoms with Crippen molar-refractivity contribution in [3.05, 3.63) is 60.2 Å². The summed E-state index contributed by atoms with van der Waals surface area (Å²) in [4.78, 5) is 17.1. The average molecular weight is 416 g/mol. The van der Waals surface area contributed by atoms with Gasteiger partial charge in [-0.2, -0.15) is 0 Å². The number of carbonyl (C=O) groups is 1. The number of carbonyl (C=O) groups excluding carboxylic acids is 1. The zero-order chi connectivity index (χ0) is 20.9. The first-order valence-electron chi connectivity index (χ1n) is 10.1. The van der Waals surface area contributed by atoms with Gasteiger partial charge >= 0.3 is 0 Å². The molecule has 0 unspecified atom stereocenters. The van der Waals surface area contributed by atoms with Crippen LogP contribution in [0.5, 0.6) is 0 Å². The lowest BCUT2D eigenvalue weighted by atomic mass is 10.0. The highest BCUT2D eigenvalue weighted by Crippen LogP contribution is 2.24. The molecule has 0 atom stereocenters. The number of hydrogen-bond donors (Lipinski definition) is 1. The van der Waals surface area contributed by atoms with E-state index in [1.54, 1.807) is 12.1 Å². The molecular formula is C22H29N3O3S. The van der Waals surface area contributed by atoms with Crippen molar-refractivity contribution in [3.8, 4) is 0 Å². The Balaban J connectivity index is 1.55. The number of piperidine rings is 1. The third-order valence-electron chi connectivity index (χ3n) is 5.50. The van der Waals surface area contributed by atoms with E-state index < -0.39 is 10.0 Å². The smallest absolute Gasteiger partial charge is 0.238 e. The normalized spacial score (nSPS) is 15.9. The van der Waals surface area contributed by atoms with Gasteiger partial charge in [0.05, 0.1) is 4.90 Å². The van der Waals surface area contributed by atoms with Gasteiger partial charge in [-0.15, -0.1) is 0 Å². The van der Waals surface area contributed by atoms with Crippen molar-refractivity contribution in [2.45, 2.75) is 43.5 Å². The Morgan fingerprint density at radius 3 is 2.24 bits per heavy atom. The molecule has 0 saturated carbocycles. The SMILES string of the molecule is CCC(=O)N(c1ccccc1)C1CCN(CCc2ccc(S(N)(=O)=O)cc2)CC1. The van der Waals surface area contributed by atoms with E-state index in [9.17, 15) is 13.2 Å². The Hall–Kier alpha value is -2.22. The van der Waals surface area contributed by atoms with Crippen LogP contribution in [0.25, 0.3) is 0 Å². The molecule has 0 spiro atoms. The lowest BCUT2D eigenvalue weighted by molar-refractivity contribution is -0.119. The number of para-hydroxylation sites is 1. The maximum Gasteiger partial charge on any atom is 0.238 e. The maximum atomic E-state index is 12.6. The van der Waals surface area contributed by atoms with E-state index in [1.165, 1.54) is 0 Å². The monoisotopic (exact) mass is 415 g/mol. The summed E-state index contributed by atoms with van der Waals surface area (Å²) in [7, 11) is -3.64. The molecule has 7 heteroatoms. The fourth-order valence-electron chi connectivity index (χ4n) is 3.85. The van der Waals surface area contributed by atoms with Crippen LogP contribution in [-0.4, -0.2) is 44.9 Å². The first kappa shape index (κ1) is 21.5. The van der Waals surface area contributed by atoms with E-state index in [4.69, 9.17) is 5.14 Å². The molecule has 3 rings (SSSR count). The molecule has 1 saturated heterocycles. The Labute approximate surface area is 173 Å². The number of benzene rings is 2. The number of amides is 1. The summed E-state index contributed by atoms with van der Waals surface area (Å²) in [6.07, 6.45) is 3.26. The van der Waals surface area contributed by atoms with Gasteiger partial charge in [-0.3, -0.25) is 4.79 Å². The summed E-state index contributed by atoms with van der Waals surface area (Å²) >= 11 is 0. The van der Waals surface area contributed by atoms with E-state index >= 15 is 0 Å². The van der Waals surface area contributed by atoms with Gasteiger partial charge in [0.15, 0.2) is 0 Å². The van der Waals surface area contributed by atoms with Crippen LogP contribution in [0.15, 0.2) is 59.5 Å². The second-order valence-corrected chi connectivity index (χ2v) is 9.03. The molecule has 1 aliphatic heterocycles. The molecule has 1 fully saturated rings. The van der Waals surface area contributed by atoms with E-state index in [0.29, 0.717) is 6.42 Å². The van der Waals surface area contributed by atoms with Gasteiger partial charge in [0.2, 0.25) is 15.9 Å². The highest BCUT2D eigenvalue weighted by atomic mass is 32.2. The minimum Gasteiger partial charge on any atom is -0.309 e. The van der Waals surface area contributed by atoms with Crippen LogP contribution in [0.1, 0.15) is 31.7 Å². The van der Waals surface area contributed by atoms with Crippen molar-refractivity contribution in [2.75, 3.05) is 24.5 Å². The number of nitrogens with zero attached hydrogens (tertiary/aromatic N) is 2.